The third kappa shape index (κ3) is 3.89. The van der Waals surface area contributed by atoms with Crippen LogP contribution in [-0.2, 0) is 0 Å². The summed E-state index contributed by atoms with van der Waals surface area (Å²) in [4.78, 5) is 28.4. The van der Waals surface area contributed by atoms with Gasteiger partial charge in [-0.15, -0.1) is 0 Å². The fourth-order valence-corrected chi connectivity index (χ4v) is 3.00. The number of nitrogens with zero attached hydrogens (tertiary/aromatic N) is 2. The summed E-state index contributed by atoms with van der Waals surface area (Å²) in [5.41, 5.74) is 0.516. The zero-order chi connectivity index (χ0) is 19.6. The first-order chi connectivity index (χ1) is 12.9. The second kappa shape index (κ2) is 7.45. The molecule has 0 saturated carbocycles. The maximum absolute atomic E-state index is 12.6. The average molecular weight is 372 g/mol. The van der Waals surface area contributed by atoms with Crippen molar-refractivity contribution < 1.29 is 30.0 Å². The summed E-state index contributed by atoms with van der Waals surface area (Å²) in [6, 6.07) is 7.81. The predicted molar refractivity (Wildman–Crippen MR) is 96.0 cm³/mol. The Labute approximate surface area is 155 Å². The van der Waals surface area contributed by atoms with E-state index in [-0.39, 0.29) is 45.9 Å². The number of benzene rings is 2. The van der Waals surface area contributed by atoms with Crippen LogP contribution in [0, 0.1) is 0 Å². The van der Waals surface area contributed by atoms with Crippen LogP contribution in [0.5, 0.6) is 23.0 Å². The highest BCUT2D eigenvalue weighted by atomic mass is 16.3. The van der Waals surface area contributed by atoms with Gasteiger partial charge in [0.05, 0.1) is 0 Å². The smallest absolute Gasteiger partial charge is 0.254 e. The van der Waals surface area contributed by atoms with E-state index in [0.717, 1.165) is 0 Å². The molecule has 8 nitrogen and oxygen atoms in total. The van der Waals surface area contributed by atoms with E-state index in [0.29, 0.717) is 32.6 Å². The Balaban J connectivity index is 1.69. The van der Waals surface area contributed by atoms with Crippen molar-refractivity contribution in [2.75, 3.05) is 26.2 Å². The van der Waals surface area contributed by atoms with Gasteiger partial charge in [0.25, 0.3) is 11.8 Å². The van der Waals surface area contributed by atoms with Crippen LogP contribution in [0.1, 0.15) is 27.1 Å². The molecule has 8 heteroatoms. The molecule has 0 bridgehead atoms. The number of hydrogen-bond donors (Lipinski definition) is 4. The summed E-state index contributed by atoms with van der Waals surface area (Å²) in [5.74, 6) is -1.89. The topological polar surface area (TPSA) is 122 Å². The molecule has 2 amide bonds. The van der Waals surface area contributed by atoms with Gasteiger partial charge in [0.2, 0.25) is 0 Å². The molecule has 0 radical (unpaired) electrons. The molecule has 0 spiro atoms. The Hall–Kier alpha value is -3.42. The van der Waals surface area contributed by atoms with Gasteiger partial charge in [-0.05, 0) is 42.8 Å². The maximum Gasteiger partial charge on any atom is 0.254 e. The second-order valence-electron chi connectivity index (χ2n) is 6.34. The molecule has 4 N–H and O–H groups in total. The molecule has 1 aliphatic rings. The van der Waals surface area contributed by atoms with Crippen molar-refractivity contribution in [3.63, 3.8) is 0 Å². The molecule has 0 unspecified atom stereocenters. The molecule has 0 atom stereocenters. The summed E-state index contributed by atoms with van der Waals surface area (Å²) < 4.78 is 0. The maximum atomic E-state index is 12.6. The van der Waals surface area contributed by atoms with E-state index >= 15 is 0 Å². The van der Waals surface area contributed by atoms with Gasteiger partial charge in [-0.3, -0.25) is 9.59 Å². The summed E-state index contributed by atoms with van der Waals surface area (Å²) in [6.07, 6.45) is 0.575. The van der Waals surface area contributed by atoms with Crippen molar-refractivity contribution in [2.45, 2.75) is 6.42 Å². The van der Waals surface area contributed by atoms with Gasteiger partial charge in [0, 0.05) is 37.3 Å². The van der Waals surface area contributed by atoms with Crippen LogP contribution in [-0.4, -0.2) is 68.2 Å². The fraction of sp³-hybridized carbons (Fsp3) is 0.263. The minimum atomic E-state index is -0.361. The van der Waals surface area contributed by atoms with Crippen LogP contribution in [0.15, 0.2) is 36.4 Å². The average Bonchev–Trinajstić information content (AvgIpc) is 2.91. The molecule has 0 aromatic heterocycles. The van der Waals surface area contributed by atoms with Crippen LogP contribution in [0.25, 0.3) is 0 Å². The molecule has 1 heterocycles. The number of carbonyl (C=O) groups is 2. The highest BCUT2D eigenvalue weighted by molar-refractivity contribution is 5.96. The standard InChI is InChI=1S/C19H20N2O6/c22-14-4-2-12(10-16(14)24)18(26)20-6-1-7-21(9-8-20)19(27)13-3-5-15(23)17(25)11-13/h2-5,10-11,22-25H,1,6-9H2. The number of phenolic OH excluding ortho intramolecular Hbond substituents is 4. The van der Waals surface area contributed by atoms with Gasteiger partial charge in [-0.25, -0.2) is 0 Å². The van der Waals surface area contributed by atoms with Gasteiger partial charge in [0.15, 0.2) is 23.0 Å². The number of rotatable bonds is 2. The van der Waals surface area contributed by atoms with Crippen molar-refractivity contribution in [1.82, 2.24) is 9.80 Å². The molecule has 1 aliphatic heterocycles. The number of aromatic hydroxyl groups is 4. The highest BCUT2D eigenvalue weighted by Crippen LogP contribution is 2.27. The Morgan fingerprint density at radius 3 is 1.41 bits per heavy atom. The lowest BCUT2D eigenvalue weighted by molar-refractivity contribution is 0.0718. The lowest BCUT2D eigenvalue weighted by Gasteiger charge is -2.22. The van der Waals surface area contributed by atoms with Crippen molar-refractivity contribution in [2.24, 2.45) is 0 Å². The number of hydrogen-bond acceptors (Lipinski definition) is 6. The quantitative estimate of drug-likeness (QED) is 0.593. The zero-order valence-corrected chi connectivity index (χ0v) is 14.5. The SMILES string of the molecule is O=C(c1ccc(O)c(O)c1)N1CCCN(C(=O)c2ccc(O)c(O)c2)CC1. The van der Waals surface area contributed by atoms with Crippen molar-refractivity contribution in [1.29, 1.82) is 0 Å². The number of carbonyl (C=O) groups excluding carboxylic acids is 2. The molecule has 3 rings (SSSR count). The molecular weight excluding hydrogens is 352 g/mol. The van der Waals surface area contributed by atoms with Gasteiger partial charge in [-0.2, -0.15) is 0 Å². The van der Waals surface area contributed by atoms with Crippen molar-refractivity contribution in [3.8, 4) is 23.0 Å². The first kappa shape index (κ1) is 18.4. The Bertz CT molecular complexity index is 811. The summed E-state index contributed by atoms with van der Waals surface area (Å²) >= 11 is 0. The molecule has 2 aromatic rings. The van der Waals surface area contributed by atoms with E-state index in [2.05, 4.69) is 0 Å². The summed E-state index contributed by atoms with van der Waals surface area (Å²) in [7, 11) is 0. The zero-order valence-electron chi connectivity index (χ0n) is 14.5. The highest BCUT2D eigenvalue weighted by Gasteiger charge is 2.24. The van der Waals surface area contributed by atoms with Crippen molar-refractivity contribution in [3.05, 3.63) is 47.5 Å². The molecular formula is C19H20N2O6. The number of amides is 2. The van der Waals surface area contributed by atoms with Gasteiger partial charge in [0.1, 0.15) is 0 Å². The Morgan fingerprint density at radius 2 is 1.04 bits per heavy atom. The molecule has 0 aliphatic carbocycles. The molecule has 1 saturated heterocycles. The van der Waals surface area contributed by atoms with E-state index in [1.165, 1.54) is 36.4 Å². The molecule has 1 fully saturated rings. The second-order valence-corrected chi connectivity index (χ2v) is 6.34. The Kier molecular flexibility index (Phi) is 5.07. The Morgan fingerprint density at radius 1 is 0.630 bits per heavy atom. The third-order valence-electron chi connectivity index (χ3n) is 4.52. The number of phenols is 4. The van der Waals surface area contributed by atoms with E-state index in [1.54, 1.807) is 9.80 Å². The van der Waals surface area contributed by atoms with Crippen LogP contribution in [0.2, 0.25) is 0 Å². The third-order valence-corrected chi connectivity index (χ3v) is 4.52. The van der Waals surface area contributed by atoms with Crippen molar-refractivity contribution >= 4 is 11.8 Å². The van der Waals surface area contributed by atoms with Gasteiger partial charge >= 0.3 is 0 Å². The first-order valence-corrected chi connectivity index (χ1v) is 8.49. The largest absolute Gasteiger partial charge is 0.504 e. The lowest BCUT2D eigenvalue weighted by Crippen LogP contribution is -2.37. The first-order valence-electron chi connectivity index (χ1n) is 8.49. The summed E-state index contributed by atoms with van der Waals surface area (Å²) in [6.45, 7) is 1.53. The van der Waals surface area contributed by atoms with E-state index in [4.69, 9.17) is 0 Å². The summed E-state index contributed by atoms with van der Waals surface area (Å²) in [5, 5.41) is 37.9. The van der Waals surface area contributed by atoms with E-state index < -0.39 is 0 Å². The van der Waals surface area contributed by atoms with Crippen LogP contribution in [0.4, 0.5) is 0 Å². The van der Waals surface area contributed by atoms with E-state index in [9.17, 15) is 30.0 Å². The monoisotopic (exact) mass is 372 g/mol. The molecule has 2 aromatic carbocycles. The minimum Gasteiger partial charge on any atom is -0.504 e. The van der Waals surface area contributed by atoms with Crippen LogP contribution in [0.3, 0.4) is 0 Å². The van der Waals surface area contributed by atoms with Crippen LogP contribution >= 0.6 is 0 Å². The van der Waals surface area contributed by atoms with Gasteiger partial charge < -0.3 is 30.2 Å². The minimum absolute atomic E-state index is 0.258. The lowest BCUT2D eigenvalue weighted by atomic mass is 10.1. The molecule has 27 heavy (non-hydrogen) atoms. The predicted octanol–water partition coefficient (Wildman–Crippen LogP) is 1.50. The molecule has 142 valence electrons. The van der Waals surface area contributed by atoms with E-state index in [1.807, 2.05) is 0 Å². The van der Waals surface area contributed by atoms with Crippen LogP contribution < -0.4 is 0 Å². The normalized spacial score (nSPS) is 14.7. The van der Waals surface area contributed by atoms with Gasteiger partial charge in [-0.1, -0.05) is 0 Å². The fourth-order valence-electron chi connectivity index (χ4n) is 3.00.